The molecule has 4 rings (SSSR count). The van der Waals surface area contributed by atoms with Crippen LogP contribution < -0.4 is 9.47 Å². The molecule has 154 valence electrons. The average Bonchev–Trinajstić information content (AvgIpc) is 3.40. The van der Waals surface area contributed by atoms with Gasteiger partial charge in [0.2, 0.25) is 0 Å². The van der Waals surface area contributed by atoms with E-state index in [1.165, 1.54) is 58.2 Å². The molecule has 0 radical (unpaired) electrons. The lowest BCUT2D eigenvalue weighted by atomic mass is 9.82. The molecule has 0 aromatic heterocycles. The Balaban J connectivity index is 0.000000191. The fourth-order valence-electron chi connectivity index (χ4n) is 4.83. The molecule has 2 saturated heterocycles. The van der Waals surface area contributed by atoms with Crippen LogP contribution in [0.3, 0.4) is 0 Å². The standard InChI is InChI=1S/C13H24N2.C8H10O2.C2H6/c1-14-9-6-11-4-5-12(10-13(11)14)15-7-2-3-8-15;1-9-7-5-3-4-6-8(7)10-2;1-2/h11-13H,2-10H2,1H3;3-6H,1-2H3;1-2H3/t11?,12?,13-;;/m0../s1. The van der Waals surface area contributed by atoms with Crippen LogP contribution in [0.4, 0.5) is 0 Å². The topological polar surface area (TPSA) is 24.9 Å². The Labute approximate surface area is 166 Å². The number of nitrogens with zero attached hydrogens (tertiary/aromatic N) is 2. The zero-order chi connectivity index (χ0) is 19.6. The molecule has 2 aliphatic heterocycles. The van der Waals surface area contributed by atoms with Crippen LogP contribution in [-0.4, -0.2) is 62.8 Å². The Kier molecular flexibility index (Phi) is 9.43. The molecule has 2 unspecified atom stereocenters. The fourth-order valence-corrected chi connectivity index (χ4v) is 4.83. The summed E-state index contributed by atoms with van der Waals surface area (Å²) in [5.41, 5.74) is 0. The van der Waals surface area contributed by atoms with Gasteiger partial charge in [0.1, 0.15) is 0 Å². The second kappa shape index (κ2) is 11.6. The zero-order valence-corrected chi connectivity index (χ0v) is 18.1. The third-order valence-corrected chi connectivity index (χ3v) is 6.29. The minimum atomic E-state index is 0.769. The lowest BCUT2D eigenvalue weighted by Gasteiger charge is -2.39. The van der Waals surface area contributed by atoms with E-state index >= 15 is 0 Å². The van der Waals surface area contributed by atoms with Gasteiger partial charge in [0.25, 0.3) is 0 Å². The highest BCUT2D eigenvalue weighted by Gasteiger charge is 2.39. The van der Waals surface area contributed by atoms with Crippen LogP contribution in [0.1, 0.15) is 52.4 Å². The predicted octanol–water partition coefficient (Wildman–Crippen LogP) is 4.69. The van der Waals surface area contributed by atoms with Crippen molar-refractivity contribution in [1.29, 1.82) is 0 Å². The smallest absolute Gasteiger partial charge is 0.160 e. The summed E-state index contributed by atoms with van der Waals surface area (Å²) >= 11 is 0. The number of hydrogen-bond donors (Lipinski definition) is 0. The molecule has 0 bridgehead atoms. The Hall–Kier alpha value is -1.26. The summed E-state index contributed by atoms with van der Waals surface area (Å²) in [6.45, 7) is 8.11. The minimum absolute atomic E-state index is 0.769. The minimum Gasteiger partial charge on any atom is -0.493 e. The number of rotatable bonds is 3. The van der Waals surface area contributed by atoms with Crippen molar-refractivity contribution in [2.45, 2.75) is 64.5 Å². The Bertz CT molecular complexity index is 508. The summed E-state index contributed by atoms with van der Waals surface area (Å²) in [4.78, 5) is 5.38. The highest BCUT2D eigenvalue weighted by Crippen LogP contribution is 2.37. The zero-order valence-electron chi connectivity index (χ0n) is 18.1. The molecule has 4 nitrogen and oxygen atoms in total. The molecule has 1 aliphatic carbocycles. The van der Waals surface area contributed by atoms with Crippen molar-refractivity contribution in [3.8, 4) is 11.5 Å². The second-order valence-electron chi connectivity index (χ2n) is 7.66. The summed E-state index contributed by atoms with van der Waals surface area (Å²) < 4.78 is 10.0. The molecule has 1 aromatic rings. The van der Waals surface area contributed by atoms with Crippen LogP contribution in [0.25, 0.3) is 0 Å². The molecule has 1 aromatic carbocycles. The van der Waals surface area contributed by atoms with E-state index in [0.29, 0.717) is 0 Å². The molecular formula is C23H40N2O2. The lowest BCUT2D eigenvalue weighted by Crippen LogP contribution is -2.44. The Morgan fingerprint density at radius 2 is 1.44 bits per heavy atom. The van der Waals surface area contributed by atoms with E-state index in [2.05, 4.69) is 16.8 Å². The van der Waals surface area contributed by atoms with E-state index in [0.717, 1.165) is 29.5 Å². The first kappa shape index (κ1) is 22.0. The van der Waals surface area contributed by atoms with Gasteiger partial charge in [-0.25, -0.2) is 0 Å². The Morgan fingerprint density at radius 3 is 2.00 bits per heavy atom. The van der Waals surface area contributed by atoms with Crippen LogP contribution in [-0.2, 0) is 0 Å². The van der Waals surface area contributed by atoms with Crippen molar-refractivity contribution in [3.05, 3.63) is 24.3 Å². The van der Waals surface area contributed by atoms with Gasteiger partial charge in [-0.15, -0.1) is 0 Å². The highest BCUT2D eigenvalue weighted by atomic mass is 16.5. The lowest BCUT2D eigenvalue weighted by molar-refractivity contribution is 0.115. The first-order valence-corrected chi connectivity index (χ1v) is 10.8. The van der Waals surface area contributed by atoms with E-state index in [1.807, 2.05) is 38.1 Å². The number of benzene rings is 1. The number of methoxy groups -OCH3 is 2. The van der Waals surface area contributed by atoms with Crippen molar-refractivity contribution in [2.75, 3.05) is 40.9 Å². The maximum atomic E-state index is 5.01. The van der Waals surface area contributed by atoms with Gasteiger partial charge in [-0.3, -0.25) is 0 Å². The summed E-state index contributed by atoms with van der Waals surface area (Å²) in [6.07, 6.45) is 8.79. The molecule has 0 spiro atoms. The number of likely N-dealkylation sites (tertiary alicyclic amines) is 2. The molecule has 1 saturated carbocycles. The first-order chi connectivity index (χ1) is 13.2. The van der Waals surface area contributed by atoms with Crippen molar-refractivity contribution in [2.24, 2.45) is 5.92 Å². The molecule has 3 fully saturated rings. The molecule has 0 N–H and O–H groups in total. The molecule has 27 heavy (non-hydrogen) atoms. The van der Waals surface area contributed by atoms with Gasteiger partial charge >= 0.3 is 0 Å². The van der Waals surface area contributed by atoms with Gasteiger partial charge in [-0.05, 0) is 83.3 Å². The molecule has 3 aliphatic rings. The quantitative estimate of drug-likeness (QED) is 0.764. The second-order valence-corrected chi connectivity index (χ2v) is 7.66. The van der Waals surface area contributed by atoms with Gasteiger partial charge in [0.15, 0.2) is 11.5 Å². The third kappa shape index (κ3) is 5.86. The van der Waals surface area contributed by atoms with E-state index in [1.54, 1.807) is 14.2 Å². The van der Waals surface area contributed by atoms with Crippen LogP contribution in [0.5, 0.6) is 11.5 Å². The molecular weight excluding hydrogens is 336 g/mol. The van der Waals surface area contributed by atoms with Gasteiger partial charge in [-0.1, -0.05) is 26.0 Å². The average molecular weight is 377 g/mol. The van der Waals surface area contributed by atoms with Crippen molar-refractivity contribution < 1.29 is 9.47 Å². The van der Waals surface area contributed by atoms with Gasteiger partial charge < -0.3 is 19.3 Å². The Morgan fingerprint density at radius 1 is 0.852 bits per heavy atom. The number of hydrogen-bond acceptors (Lipinski definition) is 4. The van der Waals surface area contributed by atoms with Gasteiger partial charge in [-0.2, -0.15) is 0 Å². The van der Waals surface area contributed by atoms with Crippen LogP contribution >= 0.6 is 0 Å². The molecule has 4 heteroatoms. The largest absolute Gasteiger partial charge is 0.493 e. The molecule has 3 atom stereocenters. The summed E-state index contributed by atoms with van der Waals surface area (Å²) in [5.74, 6) is 2.57. The van der Waals surface area contributed by atoms with E-state index in [4.69, 9.17) is 9.47 Å². The number of ether oxygens (including phenoxy) is 2. The third-order valence-electron chi connectivity index (χ3n) is 6.29. The van der Waals surface area contributed by atoms with Gasteiger partial charge in [0.05, 0.1) is 14.2 Å². The maximum absolute atomic E-state index is 5.01. The van der Waals surface area contributed by atoms with Crippen molar-refractivity contribution in [3.63, 3.8) is 0 Å². The monoisotopic (exact) mass is 376 g/mol. The first-order valence-electron chi connectivity index (χ1n) is 10.8. The van der Waals surface area contributed by atoms with Crippen LogP contribution in [0, 0.1) is 5.92 Å². The van der Waals surface area contributed by atoms with Crippen molar-refractivity contribution >= 4 is 0 Å². The van der Waals surface area contributed by atoms with Crippen LogP contribution in [0.15, 0.2) is 24.3 Å². The van der Waals surface area contributed by atoms with E-state index in [-0.39, 0.29) is 0 Å². The molecule has 2 heterocycles. The predicted molar refractivity (Wildman–Crippen MR) is 114 cm³/mol. The number of para-hydroxylation sites is 2. The SMILES string of the molecule is CC.CN1CCC2CCC(N3CCCC3)C[C@@H]21.COc1ccccc1OC. The fraction of sp³-hybridized carbons (Fsp3) is 0.739. The maximum Gasteiger partial charge on any atom is 0.160 e. The molecule has 0 amide bonds. The van der Waals surface area contributed by atoms with Crippen molar-refractivity contribution in [1.82, 2.24) is 9.80 Å². The summed E-state index contributed by atoms with van der Waals surface area (Å²) in [7, 11) is 5.58. The number of fused-ring (bicyclic) bond motifs is 1. The van der Waals surface area contributed by atoms with Crippen LogP contribution in [0.2, 0.25) is 0 Å². The van der Waals surface area contributed by atoms with E-state index < -0.39 is 0 Å². The summed E-state index contributed by atoms with van der Waals surface area (Å²) in [6, 6.07) is 9.37. The normalized spacial score (nSPS) is 27.7. The summed E-state index contributed by atoms with van der Waals surface area (Å²) in [5, 5.41) is 0. The van der Waals surface area contributed by atoms with Gasteiger partial charge in [0, 0.05) is 12.1 Å². The highest BCUT2D eigenvalue weighted by molar-refractivity contribution is 5.39. The van der Waals surface area contributed by atoms with E-state index in [9.17, 15) is 0 Å².